The van der Waals surface area contributed by atoms with Crippen LogP contribution in [0, 0.1) is 6.92 Å². The number of alkyl carbamates (subject to hydrolysis) is 1. The Morgan fingerprint density at radius 2 is 1.96 bits per heavy atom. The lowest BCUT2D eigenvalue weighted by molar-refractivity contribution is 0.0144. The number of rotatable bonds is 4. The Balaban J connectivity index is 2.02. The van der Waals surface area contributed by atoms with Crippen LogP contribution in [-0.4, -0.2) is 34.6 Å². The third kappa shape index (κ3) is 4.43. The van der Waals surface area contributed by atoms with Gasteiger partial charge in [0.2, 0.25) is 0 Å². The Kier molecular flexibility index (Phi) is 5.29. The molecule has 126 valence electrons. The number of ether oxygens (including phenoxy) is 1. The molecule has 5 nitrogen and oxygen atoms in total. The van der Waals surface area contributed by atoms with Crippen molar-refractivity contribution in [1.82, 2.24) is 5.32 Å². The quantitative estimate of drug-likeness (QED) is 0.801. The lowest BCUT2D eigenvalue weighted by Crippen LogP contribution is -2.38. The van der Waals surface area contributed by atoms with Gasteiger partial charge in [-0.3, -0.25) is 0 Å². The van der Waals surface area contributed by atoms with Gasteiger partial charge in [0, 0.05) is 16.1 Å². The highest BCUT2D eigenvalue weighted by molar-refractivity contribution is 7.19. The van der Waals surface area contributed by atoms with E-state index in [1.54, 1.807) is 20.8 Å². The molecule has 0 spiro atoms. The fourth-order valence-corrected chi connectivity index (χ4v) is 3.52. The number of nitrogens with one attached hydrogen (secondary N) is 1. The SMILES string of the molecule is Cc1c(C(O)C(O)CNC(=O)OC(C)(C)C)sc2ccccc12. The van der Waals surface area contributed by atoms with Crippen molar-refractivity contribution in [1.29, 1.82) is 0 Å². The van der Waals surface area contributed by atoms with Crippen LogP contribution < -0.4 is 5.32 Å². The number of thiophene rings is 1. The summed E-state index contributed by atoms with van der Waals surface area (Å²) in [5.74, 6) is 0. The number of hydrogen-bond acceptors (Lipinski definition) is 5. The van der Waals surface area contributed by atoms with E-state index < -0.39 is 23.9 Å². The van der Waals surface area contributed by atoms with Gasteiger partial charge in [0.05, 0.1) is 0 Å². The zero-order valence-corrected chi connectivity index (χ0v) is 14.6. The smallest absolute Gasteiger partial charge is 0.407 e. The molecule has 1 amide bonds. The minimum Gasteiger partial charge on any atom is -0.444 e. The van der Waals surface area contributed by atoms with Gasteiger partial charge in [-0.05, 0) is 44.7 Å². The number of carbonyl (C=O) groups is 1. The number of hydrogen-bond donors (Lipinski definition) is 3. The summed E-state index contributed by atoms with van der Waals surface area (Å²) in [5, 5.41) is 24.1. The highest BCUT2D eigenvalue weighted by atomic mass is 32.1. The van der Waals surface area contributed by atoms with Crippen molar-refractivity contribution in [2.45, 2.75) is 45.5 Å². The van der Waals surface area contributed by atoms with E-state index in [4.69, 9.17) is 4.74 Å². The highest BCUT2D eigenvalue weighted by Crippen LogP contribution is 2.35. The molecule has 0 fully saturated rings. The molecule has 1 aromatic carbocycles. The molecule has 1 heterocycles. The largest absolute Gasteiger partial charge is 0.444 e. The number of benzene rings is 1. The first kappa shape index (κ1) is 17.7. The molecule has 2 rings (SSSR count). The number of carbonyl (C=O) groups excluding carboxylic acids is 1. The Labute approximate surface area is 139 Å². The average Bonchev–Trinajstić information content (AvgIpc) is 2.80. The van der Waals surface area contributed by atoms with Gasteiger partial charge in [-0.2, -0.15) is 0 Å². The van der Waals surface area contributed by atoms with E-state index in [2.05, 4.69) is 5.32 Å². The zero-order chi connectivity index (χ0) is 17.2. The standard InChI is InChI=1S/C17H23NO4S/c1-10-11-7-5-6-8-13(11)23-15(10)14(20)12(19)9-18-16(21)22-17(2,3)4/h5-8,12,14,19-20H,9H2,1-4H3,(H,18,21). The fourth-order valence-electron chi connectivity index (χ4n) is 2.26. The molecule has 2 unspecified atom stereocenters. The van der Waals surface area contributed by atoms with Gasteiger partial charge < -0.3 is 20.3 Å². The van der Waals surface area contributed by atoms with E-state index >= 15 is 0 Å². The summed E-state index contributed by atoms with van der Waals surface area (Å²) in [6, 6.07) is 7.85. The molecule has 2 atom stereocenters. The molecule has 0 aliphatic heterocycles. The van der Waals surface area contributed by atoms with E-state index in [9.17, 15) is 15.0 Å². The maximum atomic E-state index is 11.6. The summed E-state index contributed by atoms with van der Waals surface area (Å²) in [6.45, 7) is 7.13. The Morgan fingerprint density at radius 1 is 1.30 bits per heavy atom. The second kappa shape index (κ2) is 6.86. The Hall–Kier alpha value is -1.63. The van der Waals surface area contributed by atoms with Gasteiger partial charge in [0.25, 0.3) is 0 Å². The third-order valence-corrected chi connectivity index (χ3v) is 4.71. The first-order valence-corrected chi connectivity index (χ1v) is 8.31. The molecule has 6 heteroatoms. The van der Waals surface area contributed by atoms with Crippen LogP contribution in [0.5, 0.6) is 0 Å². The van der Waals surface area contributed by atoms with E-state index in [0.717, 1.165) is 15.6 Å². The van der Waals surface area contributed by atoms with Crippen molar-refractivity contribution in [3.63, 3.8) is 0 Å². The molecule has 23 heavy (non-hydrogen) atoms. The van der Waals surface area contributed by atoms with Crippen molar-refractivity contribution < 1.29 is 19.7 Å². The summed E-state index contributed by atoms with van der Waals surface area (Å²) < 4.78 is 6.17. The van der Waals surface area contributed by atoms with Crippen LogP contribution in [-0.2, 0) is 4.74 Å². The first-order chi connectivity index (χ1) is 10.7. The molecule has 3 N–H and O–H groups in total. The first-order valence-electron chi connectivity index (χ1n) is 7.50. The summed E-state index contributed by atoms with van der Waals surface area (Å²) in [7, 11) is 0. The second-order valence-electron chi connectivity index (χ2n) is 6.48. The molecular weight excluding hydrogens is 314 g/mol. The molecule has 0 saturated heterocycles. The van der Waals surface area contributed by atoms with E-state index in [0.29, 0.717) is 4.88 Å². The van der Waals surface area contributed by atoms with E-state index in [1.807, 2.05) is 31.2 Å². The van der Waals surface area contributed by atoms with Crippen molar-refractivity contribution in [2.75, 3.05) is 6.54 Å². The van der Waals surface area contributed by atoms with Crippen molar-refractivity contribution in [3.05, 3.63) is 34.7 Å². The van der Waals surface area contributed by atoms with Gasteiger partial charge in [-0.1, -0.05) is 18.2 Å². The predicted octanol–water partition coefficient (Wildman–Crippen LogP) is 3.13. The molecule has 0 bridgehead atoms. The number of amides is 1. The Morgan fingerprint density at radius 3 is 2.57 bits per heavy atom. The van der Waals surface area contributed by atoms with E-state index in [-0.39, 0.29) is 6.54 Å². The van der Waals surface area contributed by atoms with Crippen LogP contribution in [0.2, 0.25) is 0 Å². The number of aryl methyl sites for hydroxylation is 1. The molecule has 0 aliphatic rings. The highest BCUT2D eigenvalue weighted by Gasteiger charge is 2.24. The van der Waals surface area contributed by atoms with Crippen LogP contribution in [0.4, 0.5) is 4.79 Å². The van der Waals surface area contributed by atoms with Gasteiger partial charge in [-0.25, -0.2) is 4.79 Å². The third-order valence-electron chi connectivity index (χ3n) is 3.37. The predicted molar refractivity (Wildman–Crippen MR) is 91.8 cm³/mol. The molecule has 0 aliphatic carbocycles. The van der Waals surface area contributed by atoms with Gasteiger partial charge in [0.1, 0.15) is 17.8 Å². The molecule has 1 aromatic heterocycles. The van der Waals surface area contributed by atoms with E-state index in [1.165, 1.54) is 11.3 Å². The second-order valence-corrected chi connectivity index (χ2v) is 7.57. The maximum absolute atomic E-state index is 11.6. The molecule has 0 radical (unpaired) electrons. The van der Waals surface area contributed by atoms with Crippen molar-refractivity contribution >= 4 is 27.5 Å². The number of aliphatic hydroxyl groups is 2. The van der Waals surface area contributed by atoms with Gasteiger partial charge >= 0.3 is 6.09 Å². The van der Waals surface area contributed by atoms with Gasteiger partial charge in [0.15, 0.2) is 0 Å². The van der Waals surface area contributed by atoms with Crippen LogP contribution in [0.15, 0.2) is 24.3 Å². The number of aliphatic hydroxyl groups excluding tert-OH is 2. The number of fused-ring (bicyclic) bond motifs is 1. The molecule has 0 saturated carbocycles. The summed E-state index contributed by atoms with van der Waals surface area (Å²) in [6.07, 6.45) is -2.77. The minimum absolute atomic E-state index is 0.0796. The topological polar surface area (TPSA) is 78.8 Å². The lowest BCUT2D eigenvalue weighted by Gasteiger charge is -2.22. The Bertz CT molecular complexity index is 689. The fraction of sp³-hybridized carbons (Fsp3) is 0.471. The zero-order valence-electron chi connectivity index (χ0n) is 13.8. The molecular formula is C17H23NO4S. The normalized spacial score (nSPS) is 14.5. The van der Waals surface area contributed by atoms with Crippen LogP contribution in [0.3, 0.4) is 0 Å². The average molecular weight is 337 g/mol. The monoisotopic (exact) mass is 337 g/mol. The van der Waals surface area contributed by atoms with Crippen LogP contribution >= 0.6 is 11.3 Å². The summed E-state index contributed by atoms with van der Waals surface area (Å²) >= 11 is 1.45. The molecule has 2 aromatic rings. The summed E-state index contributed by atoms with van der Waals surface area (Å²) in [4.78, 5) is 12.3. The van der Waals surface area contributed by atoms with Crippen molar-refractivity contribution in [2.24, 2.45) is 0 Å². The van der Waals surface area contributed by atoms with Gasteiger partial charge in [-0.15, -0.1) is 11.3 Å². The summed E-state index contributed by atoms with van der Waals surface area (Å²) in [5.41, 5.74) is 0.352. The lowest BCUT2D eigenvalue weighted by atomic mass is 10.1. The van der Waals surface area contributed by atoms with Crippen molar-refractivity contribution in [3.8, 4) is 0 Å². The van der Waals surface area contributed by atoms with Crippen LogP contribution in [0.25, 0.3) is 10.1 Å². The minimum atomic E-state index is -1.10. The maximum Gasteiger partial charge on any atom is 0.407 e. The van der Waals surface area contributed by atoms with Crippen LogP contribution in [0.1, 0.15) is 37.3 Å².